The van der Waals surface area contributed by atoms with E-state index in [1.54, 1.807) is 0 Å². The van der Waals surface area contributed by atoms with Crippen LogP contribution in [0, 0.1) is 6.92 Å². The molecule has 0 aromatic carbocycles. The van der Waals surface area contributed by atoms with Gasteiger partial charge in [0.05, 0.1) is 5.69 Å². The lowest BCUT2D eigenvalue weighted by Crippen LogP contribution is -2.26. The Morgan fingerprint density at radius 2 is 1.95 bits per heavy atom. The number of amides is 2. The number of carboxylic acid groups (broad SMARTS) is 1. The topological polar surface area (TPSA) is 108 Å². The van der Waals surface area contributed by atoms with Gasteiger partial charge < -0.3 is 15.7 Å². The van der Waals surface area contributed by atoms with Crippen molar-refractivity contribution in [3.05, 3.63) is 11.1 Å². The van der Waals surface area contributed by atoms with Crippen LogP contribution in [0.25, 0.3) is 0 Å². The summed E-state index contributed by atoms with van der Waals surface area (Å²) in [5.74, 6) is -1.42. The first kappa shape index (κ1) is 16.1. The van der Waals surface area contributed by atoms with Crippen molar-refractivity contribution in [3.63, 3.8) is 0 Å². The molecule has 0 aliphatic heterocycles. The van der Waals surface area contributed by atoms with Crippen LogP contribution in [0.2, 0.25) is 0 Å². The molecule has 110 valence electrons. The van der Waals surface area contributed by atoms with Gasteiger partial charge >= 0.3 is 5.97 Å². The number of hydrogen-bond acceptors (Lipinski definition) is 5. The highest BCUT2D eigenvalue weighted by molar-refractivity contribution is 7.13. The average molecular weight is 299 g/mol. The van der Waals surface area contributed by atoms with Gasteiger partial charge in [-0.3, -0.25) is 14.4 Å². The molecule has 2 amide bonds. The number of carboxylic acids is 1. The largest absolute Gasteiger partial charge is 0.481 e. The van der Waals surface area contributed by atoms with Crippen LogP contribution in [0.5, 0.6) is 0 Å². The molecule has 0 saturated heterocycles. The van der Waals surface area contributed by atoms with Gasteiger partial charge in [0.15, 0.2) is 5.13 Å². The molecule has 0 bridgehead atoms. The van der Waals surface area contributed by atoms with E-state index < -0.39 is 5.97 Å². The predicted molar refractivity (Wildman–Crippen MR) is 74.6 cm³/mol. The molecule has 0 saturated carbocycles. The molecule has 1 aromatic rings. The minimum atomic E-state index is -0.891. The summed E-state index contributed by atoms with van der Waals surface area (Å²) in [7, 11) is 0. The molecular formula is C12H17N3O4S. The van der Waals surface area contributed by atoms with Crippen molar-refractivity contribution in [2.75, 3.05) is 11.9 Å². The predicted octanol–water partition coefficient (Wildman–Crippen LogP) is 1.15. The number of carbonyl (C=O) groups excluding carboxylic acids is 2. The number of rotatable bonds is 8. The minimum Gasteiger partial charge on any atom is -0.481 e. The maximum absolute atomic E-state index is 11.5. The number of nitrogens with one attached hydrogen (secondary N) is 2. The van der Waals surface area contributed by atoms with Gasteiger partial charge in [0, 0.05) is 31.2 Å². The number of carbonyl (C=O) groups is 3. The van der Waals surface area contributed by atoms with Gasteiger partial charge in [-0.05, 0) is 13.3 Å². The molecule has 1 aromatic heterocycles. The van der Waals surface area contributed by atoms with Gasteiger partial charge in [0.2, 0.25) is 11.8 Å². The molecule has 0 unspecified atom stereocenters. The summed E-state index contributed by atoms with van der Waals surface area (Å²) in [4.78, 5) is 37.3. The Morgan fingerprint density at radius 3 is 2.55 bits per heavy atom. The van der Waals surface area contributed by atoms with Gasteiger partial charge in [-0.1, -0.05) is 0 Å². The average Bonchev–Trinajstić information content (AvgIpc) is 2.77. The lowest BCUT2D eigenvalue weighted by molar-refractivity contribution is -0.137. The Labute approximate surface area is 120 Å². The van der Waals surface area contributed by atoms with E-state index >= 15 is 0 Å². The van der Waals surface area contributed by atoms with E-state index in [0.717, 1.165) is 5.69 Å². The Balaban J connectivity index is 2.14. The zero-order chi connectivity index (χ0) is 15.0. The van der Waals surface area contributed by atoms with E-state index in [4.69, 9.17) is 5.11 Å². The third-order valence-corrected chi connectivity index (χ3v) is 3.21. The molecule has 0 spiro atoms. The van der Waals surface area contributed by atoms with E-state index in [1.807, 2.05) is 12.3 Å². The van der Waals surface area contributed by atoms with E-state index in [-0.39, 0.29) is 31.1 Å². The summed E-state index contributed by atoms with van der Waals surface area (Å²) in [6.07, 6.45) is 0.544. The highest BCUT2D eigenvalue weighted by atomic mass is 32.1. The van der Waals surface area contributed by atoms with Crippen LogP contribution < -0.4 is 10.6 Å². The molecule has 20 heavy (non-hydrogen) atoms. The lowest BCUT2D eigenvalue weighted by atomic mass is 10.2. The summed E-state index contributed by atoms with van der Waals surface area (Å²) in [6, 6.07) is 0. The van der Waals surface area contributed by atoms with Crippen molar-refractivity contribution in [1.29, 1.82) is 0 Å². The summed E-state index contributed by atoms with van der Waals surface area (Å²) in [5, 5.41) is 16.0. The SMILES string of the molecule is Cc1csc(NC(=O)CCC(=O)NCCCC(=O)O)n1. The summed E-state index contributed by atoms with van der Waals surface area (Å²) >= 11 is 1.33. The Kier molecular flexibility index (Phi) is 6.65. The van der Waals surface area contributed by atoms with E-state index in [9.17, 15) is 14.4 Å². The first-order valence-corrected chi connectivity index (χ1v) is 7.06. The number of anilines is 1. The van der Waals surface area contributed by atoms with Crippen LogP contribution in [0.4, 0.5) is 5.13 Å². The number of nitrogens with zero attached hydrogens (tertiary/aromatic N) is 1. The van der Waals surface area contributed by atoms with Gasteiger partial charge in [-0.25, -0.2) is 4.98 Å². The van der Waals surface area contributed by atoms with Crippen LogP contribution >= 0.6 is 11.3 Å². The molecule has 1 heterocycles. The second-order valence-corrected chi connectivity index (χ2v) is 5.05. The maximum atomic E-state index is 11.5. The maximum Gasteiger partial charge on any atom is 0.303 e. The second kappa shape index (κ2) is 8.26. The molecule has 3 N–H and O–H groups in total. The molecule has 0 atom stereocenters. The molecule has 8 heteroatoms. The first-order chi connectivity index (χ1) is 9.47. The fraction of sp³-hybridized carbons (Fsp3) is 0.500. The highest BCUT2D eigenvalue weighted by Crippen LogP contribution is 2.14. The molecule has 0 radical (unpaired) electrons. The standard InChI is InChI=1S/C12H17N3O4S/c1-8-7-20-12(14-8)15-10(17)5-4-9(16)13-6-2-3-11(18)19/h7H,2-6H2,1H3,(H,13,16)(H,18,19)(H,14,15,17). The Bertz CT molecular complexity index is 487. The number of aliphatic carboxylic acids is 1. The number of aromatic nitrogens is 1. The molecule has 0 aliphatic carbocycles. The van der Waals surface area contributed by atoms with E-state index in [2.05, 4.69) is 15.6 Å². The molecule has 0 aliphatic rings. The van der Waals surface area contributed by atoms with Crippen LogP contribution in [-0.2, 0) is 14.4 Å². The van der Waals surface area contributed by atoms with Crippen LogP contribution in [0.3, 0.4) is 0 Å². The quantitative estimate of drug-likeness (QED) is 0.624. The van der Waals surface area contributed by atoms with E-state index in [1.165, 1.54) is 11.3 Å². The van der Waals surface area contributed by atoms with Gasteiger partial charge in [0.25, 0.3) is 0 Å². The Morgan fingerprint density at radius 1 is 1.25 bits per heavy atom. The van der Waals surface area contributed by atoms with Gasteiger partial charge in [0.1, 0.15) is 0 Å². The third-order valence-electron chi connectivity index (χ3n) is 2.33. The fourth-order valence-electron chi connectivity index (χ4n) is 1.38. The van der Waals surface area contributed by atoms with Crippen LogP contribution in [0.15, 0.2) is 5.38 Å². The lowest BCUT2D eigenvalue weighted by Gasteiger charge is -2.04. The second-order valence-electron chi connectivity index (χ2n) is 4.19. The van der Waals surface area contributed by atoms with Gasteiger partial charge in [-0.2, -0.15) is 0 Å². The van der Waals surface area contributed by atoms with Crippen molar-refractivity contribution < 1.29 is 19.5 Å². The summed E-state index contributed by atoms with van der Waals surface area (Å²) in [5.41, 5.74) is 0.835. The highest BCUT2D eigenvalue weighted by Gasteiger charge is 2.08. The summed E-state index contributed by atoms with van der Waals surface area (Å²) < 4.78 is 0. The Hall–Kier alpha value is -1.96. The zero-order valence-corrected chi connectivity index (χ0v) is 12.0. The third kappa shape index (κ3) is 6.83. The zero-order valence-electron chi connectivity index (χ0n) is 11.1. The number of thiazole rings is 1. The fourth-order valence-corrected chi connectivity index (χ4v) is 2.08. The number of aryl methyl sites for hydroxylation is 1. The normalized spacial score (nSPS) is 10.1. The smallest absolute Gasteiger partial charge is 0.303 e. The van der Waals surface area contributed by atoms with Crippen LogP contribution in [0.1, 0.15) is 31.4 Å². The summed E-state index contributed by atoms with van der Waals surface area (Å²) in [6.45, 7) is 2.13. The molecule has 1 rings (SSSR count). The number of hydrogen-bond donors (Lipinski definition) is 3. The van der Waals surface area contributed by atoms with Crippen LogP contribution in [-0.4, -0.2) is 34.4 Å². The van der Waals surface area contributed by atoms with Gasteiger partial charge in [-0.15, -0.1) is 11.3 Å². The van der Waals surface area contributed by atoms with Crippen molar-refractivity contribution in [3.8, 4) is 0 Å². The van der Waals surface area contributed by atoms with Crippen molar-refractivity contribution in [1.82, 2.24) is 10.3 Å². The molecular weight excluding hydrogens is 282 g/mol. The molecule has 0 fully saturated rings. The van der Waals surface area contributed by atoms with E-state index in [0.29, 0.717) is 18.1 Å². The first-order valence-electron chi connectivity index (χ1n) is 6.18. The van der Waals surface area contributed by atoms with Crippen molar-refractivity contribution >= 4 is 34.3 Å². The minimum absolute atomic E-state index is 0.0180. The monoisotopic (exact) mass is 299 g/mol. The molecule has 7 nitrogen and oxygen atoms in total. The van der Waals surface area contributed by atoms with Crippen molar-refractivity contribution in [2.24, 2.45) is 0 Å². The van der Waals surface area contributed by atoms with Crippen molar-refractivity contribution in [2.45, 2.75) is 32.6 Å².